The molecule has 1 atom stereocenters. The molecule has 0 saturated carbocycles. The zero-order valence-corrected chi connectivity index (χ0v) is 18.9. The van der Waals surface area contributed by atoms with E-state index in [4.69, 9.17) is 4.74 Å². The number of hydrogen-bond acceptors (Lipinski definition) is 4. The van der Waals surface area contributed by atoms with E-state index in [2.05, 4.69) is 28.9 Å². The maximum Gasteiger partial charge on any atom is 0.230 e. The maximum absolute atomic E-state index is 13.1. The normalized spacial score (nSPS) is 23.0. The van der Waals surface area contributed by atoms with Crippen molar-refractivity contribution in [1.29, 1.82) is 0 Å². The van der Waals surface area contributed by atoms with Gasteiger partial charge in [0.15, 0.2) is 0 Å². The second-order valence-corrected chi connectivity index (χ2v) is 9.18. The van der Waals surface area contributed by atoms with Crippen LogP contribution in [0, 0.1) is 5.92 Å². The van der Waals surface area contributed by atoms with Gasteiger partial charge in [0.25, 0.3) is 0 Å². The molecule has 170 valence electrons. The molecule has 0 bridgehead atoms. The molecule has 0 spiro atoms. The van der Waals surface area contributed by atoms with Gasteiger partial charge in [-0.3, -0.25) is 9.59 Å². The molecular formula is C25H37N3O3. The van der Waals surface area contributed by atoms with Crippen molar-refractivity contribution < 1.29 is 14.3 Å². The Kier molecular flexibility index (Phi) is 7.62. The van der Waals surface area contributed by atoms with Crippen molar-refractivity contribution in [2.45, 2.75) is 51.0 Å². The molecule has 0 aromatic heterocycles. The Morgan fingerprint density at radius 1 is 0.903 bits per heavy atom. The Balaban J connectivity index is 1.24. The SMILES string of the molecule is CCC(C(=O)N1CCC(N2CCC(C(=O)N3CCOCC3)CC2)CC1)c1ccccc1. The van der Waals surface area contributed by atoms with Crippen molar-refractivity contribution in [3.8, 4) is 0 Å². The summed E-state index contributed by atoms with van der Waals surface area (Å²) in [7, 11) is 0. The molecule has 31 heavy (non-hydrogen) atoms. The quantitative estimate of drug-likeness (QED) is 0.725. The third-order valence-electron chi connectivity index (χ3n) is 7.40. The van der Waals surface area contributed by atoms with Gasteiger partial charge in [0, 0.05) is 38.1 Å². The molecule has 4 rings (SSSR count). The fourth-order valence-electron chi connectivity index (χ4n) is 5.46. The number of amides is 2. The van der Waals surface area contributed by atoms with E-state index in [0.717, 1.165) is 76.9 Å². The van der Waals surface area contributed by atoms with Crippen LogP contribution in [0.5, 0.6) is 0 Å². The Morgan fingerprint density at radius 2 is 1.55 bits per heavy atom. The van der Waals surface area contributed by atoms with Gasteiger partial charge >= 0.3 is 0 Å². The molecule has 0 N–H and O–H groups in total. The van der Waals surface area contributed by atoms with E-state index < -0.39 is 0 Å². The summed E-state index contributed by atoms with van der Waals surface area (Å²) in [6.45, 7) is 8.63. The number of carbonyl (C=O) groups excluding carboxylic acids is 2. The lowest BCUT2D eigenvalue weighted by molar-refractivity contribution is -0.142. The molecule has 3 aliphatic heterocycles. The lowest BCUT2D eigenvalue weighted by Crippen LogP contribution is -2.51. The summed E-state index contributed by atoms with van der Waals surface area (Å²) in [5.74, 6) is 0.753. The highest BCUT2D eigenvalue weighted by molar-refractivity contribution is 5.83. The smallest absolute Gasteiger partial charge is 0.230 e. The number of likely N-dealkylation sites (tertiary alicyclic amines) is 2. The molecule has 2 amide bonds. The predicted molar refractivity (Wildman–Crippen MR) is 121 cm³/mol. The van der Waals surface area contributed by atoms with E-state index in [1.54, 1.807) is 0 Å². The Bertz CT molecular complexity index is 719. The molecule has 1 aromatic rings. The zero-order valence-electron chi connectivity index (χ0n) is 18.9. The number of morpholine rings is 1. The Morgan fingerprint density at radius 3 is 2.16 bits per heavy atom. The molecule has 6 heteroatoms. The second kappa shape index (κ2) is 10.6. The standard InChI is InChI=1S/C25H37N3O3/c1-2-23(20-6-4-3-5-7-20)25(30)27-14-10-22(11-15-27)26-12-8-21(9-13-26)24(29)28-16-18-31-19-17-28/h3-7,21-23H,2,8-19H2,1H3. The lowest BCUT2D eigenvalue weighted by Gasteiger charge is -2.42. The van der Waals surface area contributed by atoms with Crippen molar-refractivity contribution in [2.24, 2.45) is 5.92 Å². The molecule has 0 aliphatic carbocycles. The van der Waals surface area contributed by atoms with Crippen LogP contribution in [0.15, 0.2) is 30.3 Å². The summed E-state index contributed by atoms with van der Waals surface area (Å²) >= 11 is 0. The number of carbonyl (C=O) groups is 2. The number of rotatable bonds is 5. The van der Waals surface area contributed by atoms with Crippen LogP contribution < -0.4 is 0 Å². The highest BCUT2D eigenvalue weighted by Crippen LogP contribution is 2.28. The Labute approximate surface area is 186 Å². The minimum atomic E-state index is -0.0281. The summed E-state index contributed by atoms with van der Waals surface area (Å²) in [6, 6.07) is 10.7. The van der Waals surface area contributed by atoms with Crippen LogP contribution in [0.4, 0.5) is 0 Å². The van der Waals surface area contributed by atoms with Gasteiger partial charge in [-0.25, -0.2) is 0 Å². The first-order valence-corrected chi connectivity index (χ1v) is 12.1. The molecule has 3 fully saturated rings. The molecule has 3 heterocycles. The zero-order chi connectivity index (χ0) is 21.6. The van der Waals surface area contributed by atoms with Gasteiger partial charge in [-0.15, -0.1) is 0 Å². The Hall–Kier alpha value is -1.92. The molecular weight excluding hydrogens is 390 g/mol. The minimum Gasteiger partial charge on any atom is -0.378 e. The molecule has 1 aromatic carbocycles. The number of hydrogen-bond donors (Lipinski definition) is 0. The van der Waals surface area contributed by atoms with Crippen molar-refractivity contribution in [3.05, 3.63) is 35.9 Å². The summed E-state index contributed by atoms with van der Waals surface area (Å²) in [6.07, 6.45) is 4.84. The van der Waals surface area contributed by atoms with Crippen molar-refractivity contribution in [2.75, 3.05) is 52.5 Å². The minimum absolute atomic E-state index is 0.0281. The number of nitrogens with zero attached hydrogens (tertiary/aromatic N) is 3. The summed E-state index contributed by atoms with van der Waals surface area (Å²) in [5, 5.41) is 0. The van der Waals surface area contributed by atoms with E-state index in [1.165, 1.54) is 0 Å². The van der Waals surface area contributed by atoms with E-state index in [9.17, 15) is 9.59 Å². The number of benzene rings is 1. The van der Waals surface area contributed by atoms with Crippen molar-refractivity contribution in [3.63, 3.8) is 0 Å². The predicted octanol–water partition coefficient (Wildman–Crippen LogP) is 2.74. The fraction of sp³-hybridized carbons (Fsp3) is 0.680. The van der Waals surface area contributed by atoms with Crippen LogP contribution >= 0.6 is 0 Å². The average molecular weight is 428 g/mol. The van der Waals surface area contributed by atoms with Crippen molar-refractivity contribution >= 4 is 11.8 Å². The monoisotopic (exact) mass is 427 g/mol. The van der Waals surface area contributed by atoms with Gasteiger partial charge in [0.05, 0.1) is 19.1 Å². The van der Waals surface area contributed by atoms with Crippen LogP contribution in [0.1, 0.15) is 50.5 Å². The highest BCUT2D eigenvalue weighted by atomic mass is 16.5. The van der Waals surface area contributed by atoms with E-state index >= 15 is 0 Å². The summed E-state index contributed by atoms with van der Waals surface area (Å²) in [5.41, 5.74) is 1.13. The van der Waals surface area contributed by atoms with Crippen LogP contribution in [0.2, 0.25) is 0 Å². The number of piperidine rings is 2. The third-order valence-corrected chi connectivity index (χ3v) is 7.40. The van der Waals surface area contributed by atoms with Crippen molar-refractivity contribution in [1.82, 2.24) is 14.7 Å². The number of ether oxygens (including phenoxy) is 1. The van der Waals surface area contributed by atoms with Gasteiger partial charge in [-0.05, 0) is 50.8 Å². The van der Waals surface area contributed by atoms with E-state index in [0.29, 0.717) is 25.2 Å². The molecule has 0 radical (unpaired) electrons. The van der Waals surface area contributed by atoms with E-state index in [-0.39, 0.29) is 17.7 Å². The van der Waals surface area contributed by atoms with Gasteiger partial charge in [0.2, 0.25) is 11.8 Å². The first-order valence-electron chi connectivity index (χ1n) is 12.1. The third kappa shape index (κ3) is 5.29. The van der Waals surface area contributed by atoms with Crippen LogP contribution in [-0.4, -0.2) is 85.0 Å². The van der Waals surface area contributed by atoms with Gasteiger partial charge < -0.3 is 19.4 Å². The van der Waals surface area contributed by atoms with Gasteiger partial charge in [0.1, 0.15) is 0 Å². The average Bonchev–Trinajstić information content (AvgIpc) is 2.85. The topological polar surface area (TPSA) is 53.1 Å². The maximum atomic E-state index is 13.1. The largest absolute Gasteiger partial charge is 0.378 e. The first-order chi connectivity index (χ1) is 15.2. The van der Waals surface area contributed by atoms with Crippen LogP contribution in [-0.2, 0) is 14.3 Å². The molecule has 6 nitrogen and oxygen atoms in total. The van der Waals surface area contributed by atoms with Gasteiger partial charge in [-0.1, -0.05) is 37.3 Å². The van der Waals surface area contributed by atoms with Crippen LogP contribution in [0.3, 0.4) is 0 Å². The van der Waals surface area contributed by atoms with Crippen LogP contribution in [0.25, 0.3) is 0 Å². The first kappa shape index (κ1) is 22.3. The second-order valence-electron chi connectivity index (χ2n) is 9.18. The van der Waals surface area contributed by atoms with E-state index in [1.807, 2.05) is 23.1 Å². The van der Waals surface area contributed by atoms with Gasteiger partial charge in [-0.2, -0.15) is 0 Å². The molecule has 3 saturated heterocycles. The summed E-state index contributed by atoms with van der Waals surface area (Å²) < 4.78 is 5.38. The highest BCUT2D eigenvalue weighted by Gasteiger charge is 2.34. The molecule has 1 unspecified atom stereocenters. The summed E-state index contributed by atoms with van der Waals surface area (Å²) in [4.78, 5) is 32.5. The molecule has 3 aliphatic rings. The lowest BCUT2D eigenvalue weighted by atomic mass is 9.91. The fourth-order valence-corrected chi connectivity index (χ4v) is 5.46.